The summed E-state index contributed by atoms with van der Waals surface area (Å²) in [5, 5.41) is 11.9. The van der Waals surface area contributed by atoms with Gasteiger partial charge in [-0.3, -0.25) is 10.00 Å². The number of likely N-dealkylation sites (tertiary alicyclic amines) is 1. The highest BCUT2D eigenvalue weighted by molar-refractivity contribution is 5.81. The number of nitrogens with zero attached hydrogens (tertiary/aromatic N) is 2. The lowest BCUT2D eigenvalue weighted by atomic mass is 10.1. The van der Waals surface area contributed by atoms with E-state index in [1.165, 1.54) is 17.7 Å². The molecule has 3 aromatic rings. The van der Waals surface area contributed by atoms with E-state index in [0.717, 1.165) is 24.0 Å². The molecular formula is C19H22N4. The summed E-state index contributed by atoms with van der Waals surface area (Å²) >= 11 is 0. The predicted octanol–water partition coefficient (Wildman–Crippen LogP) is 3.81. The normalized spacial score (nSPS) is 20.0. The zero-order valence-corrected chi connectivity index (χ0v) is 13.4. The number of benzene rings is 2. The number of hydrogen-bond acceptors (Lipinski definition) is 3. The molecule has 2 heterocycles. The molecule has 0 saturated carbocycles. The van der Waals surface area contributed by atoms with Gasteiger partial charge in [0.25, 0.3) is 0 Å². The summed E-state index contributed by atoms with van der Waals surface area (Å²) in [6.45, 7) is 4.52. The zero-order valence-electron chi connectivity index (χ0n) is 13.4. The molecule has 2 atom stereocenters. The van der Waals surface area contributed by atoms with E-state index in [-0.39, 0.29) is 0 Å². The molecule has 2 unspecified atom stereocenters. The molecule has 4 heteroatoms. The molecule has 0 radical (unpaired) electrons. The second-order valence-electron chi connectivity index (χ2n) is 6.38. The molecule has 0 amide bonds. The zero-order chi connectivity index (χ0) is 15.6. The molecule has 0 spiro atoms. The Labute approximate surface area is 136 Å². The fraction of sp³-hybridized carbons (Fsp3) is 0.316. The van der Waals surface area contributed by atoms with Crippen molar-refractivity contribution in [2.24, 2.45) is 0 Å². The summed E-state index contributed by atoms with van der Waals surface area (Å²) in [5.74, 6) is 0. The van der Waals surface area contributed by atoms with Gasteiger partial charge in [-0.25, -0.2) is 0 Å². The number of fused-ring (bicyclic) bond motifs is 1. The molecule has 0 bridgehead atoms. The molecule has 1 aliphatic rings. The largest absolute Gasteiger partial charge is 0.381 e. The molecule has 4 rings (SSSR count). The molecular weight excluding hydrogens is 284 g/mol. The van der Waals surface area contributed by atoms with Crippen molar-refractivity contribution >= 4 is 16.6 Å². The van der Waals surface area contributed by atoms with Gasteiger partial charge in [0.2, 0.25) is 0 Å². The summed E-state index contributed by atoms with van der Waals surface area (Å²) in [4.78, 5) is 2.56. The van der Waals surface area contributed by atoms with E-state index in [4.69, 9.17) is 0 Å². The van der Waals surface area contributed by atoms with Gasteiger partial charge in [0.05, 0.1) is 11.7 Å². The molecule has 0 aliphatic carbocycles. The third-order valence-corrected chi connectivity index (χ3v) is 4.86. The Morgan fingerprint density at radius 3 is 2.96 bits per heavy atom. The molecule has 23 heavy (non-hydrogen) atoms. The van der Waals surface area contributed by atoms with Gasteiger partial charge in [-0.15, -0.1) is 0 Å². The highest BCUT2D eigenvalue weighted by Gasteiger charge is 2.26. The van der Waals surface area contributed by atoms with Crippen molar-refractivity contribution < 1.29 is 0 Å². The predicted molar refractivity (Wildman–Crippen MR) is 94.6 cm³/mol. The van der Waals surface area contributed by atoms with Gasteiger partial charge in [0.15, 0.2) is 0 Å². The van der Waals surface area contributed by atoms with Crippen molar-refractivity contribution in [2.45, 2.75) is 25.4 Å². The Balaban J connectivity index is 1.42. The minimum Gasteiger partial charge on any atom is -0.381 e. The van der Waals surface area contributed by atoms with Gasteiger partial charge in [-0.2, -0.15) is 5.10 Å². The lowest BCUT2D eigenvalue weighted by Crippen LogP contribution is -2.28. The number of hydrogen-bond donors (Lipinski definition) is 2. The number of H-pyrrole nitrogens is 1. The van der Waals surface area contributed by atoms with Crippen LogP contribution in [-0.4, -0.2) is 34.2 Å². The van der Waals surface area contributed by atoms with Crippen molar-refractivity contribution in [1.29, 1.82) is 0 Å². The van der Waals surface area contributed by atoms with E-state index in [1.807, 2.05) is 6.20 Å². The maximum Gasteiger partial charge on any atom is 0.0651 e. The minimum atomic E-state index is 0.472. The van der Waals surface area contributed by atoms with Crippen molar-refractivity contribution in [1.82, 2.24) is 15.1 Å². The Morgan fingerprint density at radius 1 is 1.22 bits per heavy atom. The lowest BCUT2D eigenvalue weighted by Gasteiger charge is -2.25. The Kier molecular flexibility index (Phi) is 3.75. The third kappa shape index (κ3) is 2.94. The SMILES string of the molecule is CC(c1ccccc1)N1CCC(Nc2ccc3[nH]ncc3c2)C1. The van der Waals surface area contributed by atoms with Crippen LogP contribution in [0.15, 0.2) is 54.7 Å². The van der Waals surface area contributed by atoms with E-state index in [9.17, 15) is 0 Å². The molecule has 118 valence electrons. The van der Waals surface area contributed by atoms with Gasteiger partial charge >= 0.3 is 0 Å². The second kappa shape index (κ2) is 6.05. The fourth-order valence-electron chi connectivity index (χ4n) is 3.47. The topological polar surface area (TPSA) is 44.0 Å². The highest BCUT2D eigenvalue weighted by atomic mass is 15.2. The molecule has 1 aromatic heterocycles. The molecule has 1 saturated heterocycles. The first-order valence-electron chi connectivity index (χ1n) is 8.28. The van der Waals surface area contributed by atoms with Crippen LogP contribution in [0.25, 0.3) is 10.9 Å². The van der Waals surface area contributed by atoms with Gasteiger partial charge in [0, 0.05) is 36.2 Å². The van der Waals surface area contributed by atoms with E-state index in [1.54, 1.807) is 0 Å². The maximum absolute atomic E-state index is 4.08. The van der Waals surface area contributed by atoms with Gasteiger partial charge < -0.3 is 5.32 Å². The van der Waals surface area contributed by atoms with Crippen LogP contribution in [0.5, 0.6) is 0 Å². The maximum atomic E-state index is 4.08. The smallest absolute Gasteiger partial charge is 0.0651 e. The number of anilines is 1. The Morgan fingerprint density at radius 2 is 2.09 bits per heavy atom. The van der Waals surface area contributed by atoms with Crippen molar-refractivity contribution in [2.75, 3.05) is 18.4 Å². The molecule has 1 fully saturated rings. The van der Waals surface area contributed by atoms with E-state index in [0.29, 0.717) is 12.1 Å². The number of aromatic nitrogens is 2. The summed E-state index contributed by atoms with van der Waals surface area (Å²) in [6, 6.07) is 18.1. The van der Waals surface area contributed by atoms with Crippen LogP contribution in [-0.2, 0) is 0 Å². The summed E-state index contributed by atoms with van der Waals surface area (Å²) in [5.41, 5.74) is 3.66. The van der Waals surface area contributed by atoms with Gasteiger partial charge in [-0.1, -0.05) is 30.3 Å². The first kappa shape index (κ1) is 14.3. The highest BCUT2D eigenvalue weighted by Crippen LogP contribution is 2.26. The third-order valence-electron chi connectivity index (χ3n) is 4.86. The molecule has 2 aromatic carbocycles. The first-order valence-corrected chi connectivity index (χ1v) is 8.28. The van der Waals surface area contributed by atoms with Crippen molar-refractivity contribution in [3.63, 3.8) is 0 Å². The van der Waals surface area contributed by atoms with Crippen molar-refractivity contribution in [3.8, 4) is 0 Å². The minimum absolute atomic E-state index is 0.472. The number of aromatic amines is 1. The van der Waals surface area contributed by atoms with Gasteiger partial charge in [-0.05, 0) is 37.1 Å². The monoisotopic (exact) mass is 306 g/mol. The summed E-state index contributed by atoms with van der Waals surface area (Å²) in [7, 11) is 0. The molecule has 4 nitrogen and oxygen atoms in total. The number of rotatable bonds is 4. The van der Waals surface area contributed by atoms with Crippen LogP contribution in [0.2, 0.25) is 0 Å². The van der Waals surface area contributed by atoms with E-state index < -0.39 is 0 Å². The van der Waals surface area contributed by atoms with Crippen LogP contribution >= 0.6 is 0 Å². The van der Waals surface area contributed by atoms with E-state index >= 15 is 0 Å². The quantitative estimate of drug-likeness (QED) is 0.770. The molecule has 1 aliphatic heterocycles. The lowest BCUT2D eigenvalue weighted by molar-refractivity contribution is 0.261. The van der Waals surface area contributed by atoms with Crippen LogP contribution < -0.4 is 5.32 Å². The Bertz CT molecular complexity index is 780. The first-order chi connectivity index (χ1) is 11.3. The second-order valence-corrected chi connectivity index (χ2v) is 6.38. The van der Waals surface area contributed by atoms with Crippen LogP contribution in [0.1, 0.15) is 24.9 Å². The summed E-state index contributed by atoms with van der Waals surface area (Å²) in [6.07, 6.45) is 3.06. The standard InChI is InChI=1S/C19H22N4/c1-14(15-5-3-2-4-6-15)23-10-9-18(13-23)21-17-7-8-19-16(11-17)12-20-22-19/h2-8,11-12,14,18,21H,9-10,13H2,1H3,(H,20,22). The number of nitrogens with one attached hydrogen (secondary N) is 2. The summed E-state index contributed by atoms with van der Waals surface area (Å²) < 4.78 is 0. The molecule has 2 N–H and O–H groups in total. The fourth-order valence-corrected chi connectivity index (χ4v) is 3.47. The van der Waals surface area contributed by atoms with Crippen LogP contribution in [0, 0.1) is 0 Å². The van der Waals surface area contributed by atoms with Gasteiger partial charge in [0.1, 0.15) is 0 Å². The van der Waals surface area contributed by atoms with Crippen LogP contribution in [0.3, 0.4) is 0 Å². The average molecular weight is 306 g/mol. The van der Waals surface area contributed by atoms with E-state index in [2.05, 4.69) is 75.9 Å². The average Bonchev–Trinajstić information content (AvgIpc) is 3.24. The van der Waals surface area contributed by atoms with Crippen LogP contribution in [0.4, 0.5) is 5.69 Å². The van der Waals surface area contributed by atoms with Crippen molar-refractivity contribution in [3.05, 3.63) is 60.3 Å². The Hall–Kier alpha value is -2.33.